The van der Waals surface area contributed by atoms with Gasteiger partial charge in [-0.25, -0.2) is 14.0 Å². The number of rotatable bonds is 4. The number of carbonyl (C=O) groups is 3. The predicted molar refractivity (Wildman–Crippen MR) is 87.4 cm³/mol. The van der Waals surface area contributed by atoms with Crippen LogP contribution in [-0.2, 0) is 14.3 Å². The highest BCUT2D eigenvalue weighted by molar-refractivity contribution is 5.98. The van der Waals surface area contributed by atoms with Crippen molar-refractivity contribution in [2.45, 2.75) is 39.3 Å². The van der Waals surface area contributed by atoms with Crippen LogP contribution < -0.4 is 10.6 Å². The summed E-state index contributed by atoms with van der Waals surface area (Å²) >= 11 is 0. The van der Waals surface area contributed by atoms with Crippen molar-refractivity contribution in [3.63, 3.8) is 0 Å². The molecule has 0 aliphatic rings. The van der Waals surface area contributed by atoms with Crippen LogP contribution >= 0.6 is 0 Å². The molecule has 0 aliphatic carbocycles. The van der Waals surface area contributed by atoms with Gasteiger partial charge in [0.15, 0.2) is 6.10 Å². The molecular weight excluding hydrogens is 315 g/mol. The molecule has 0 saturated carbocycles. The van der Waals surface area contributed by atoms with Crippen molar-refractivity contribution < 1.29 is 23.5 Å². The maximum atomic E-state index is 13.4. The van der Waals surface area contributed by atoms with Gasteiger partial charge in [-0.3, -0.25) is 10.1 Å². The van der Waals surface area contributed by atoms with E-state index < -0.39 is 35.4 Å². The SMILES string of the molecule is C[C@H](OC(=O)/C=C/c1ccccc1F)C(=O)NC(=O)NC(C)(C)C. The lowest BCUT2D eigenvalue weighted by atomic mass is 10.1. The van der Waals surface area contributed by atoms with E-state index in [1.165, 1.54) is 31.2 Å². The van der Waals surface area contributed by atoms with Crippen molar-refractivity contribution in [3.8, 4) is 0 Å². The van der Waals surface area contributed by atoms with Gasteiger partial charge in [-0.1, -0.05) is 18.2 Å². The number of imide groups is 1. The number of benzene rings is 1. The molecule has 0 aromatic heterocycles. The average Bonchev–Trinajstić information content (AvgIpc) is 2.44. The van der Waals surface area contributed by atoms with E-state index in [4.69, 9.17) is 4.74 Å². The number of amides is 3. The van der Waals surface area contributed by atoms with Gasteiger partial charge in [0.25, 0.3) is 5.91 Å². The third-order valence-electron chi connectivity index (χ3n) is 2.69. The number of urea groups is 1. The molecule has 24 heavy (non-hydrogen) atoms. The quantitative estimate of drug-likeness (QED) is 0.653. The van der Waals surface area contributed by atoms with Crippen molar-refractivity contribution in [2.24, 2.45) is 0 Å². The minimum absolute atomic E-state index is 0.219. The van der Waals surface area contributed by atoms with Crippen molar-refractivity contribution >= 4 is 24.0 Å². The van der Waals surface area contributed by atoms with Crippen LogP contribution in [-0.4, -0.2) is 29.6 Å². The standard InChI is InChI=1S/C17H21FN2O4/c1-11(15(22)19-16(23)20-17(2,3)4)24-14(21)10-9-12-7-5-6-8-13(12)18/h5-11H,1-4H3,(H2,19,20,22,23)/b10-9+/t11-/m0/s1. The molecular formula is C17H21FN2O4. The summed E-state index contributed by atoms with van der Waals surface area (Å²) < 4.78 is 18.3. The Balaban J connectivity index is 2.53. The van der Waals surface area contributed by atoms with Crippen molar-refractivity contribution in [2.75, 3.05) is 0 Å². The number of hydrogen-bond acceptors (Lipinski definition) is 4. The molecule has 0 radical (unpaired) electrons. The van der Waals surface area contributed by atoms with Crippen LogP contribution in [0.3, 0.4) is 0 Å². The first-order valence-electron chi connectivity index (χ1n) is 7.35. The van der Waals surface area contributed by atoms with Gasteiger partial charge in [-0.2, -0.15) is 0 Å². The second-order valence-electron chi connectivity index (χ2n) is 6.13. The number of esters is 1. The minimum atomic E-state index is -1.17. The Morgan fingerprint density at radius 1 is 1.21 bits per heavy atom. The van der Waals surface area contributed by atoms with E-state index in [1.54, 1.807) is 26.8 Å². The Labute approximate surface area is 140 Å². The Morgan fingerprint density at radius 2 is 1.83 bits per heavy atom. The largest absolute Gasteiger partial charge is 0.449 e. The fourth-order valence-corrected chi connectivity index (χ4v) is 1.62. The first-order chi connectivity index (χ1) is 11.1. The van der Waals surface area contributed by atoms with Gasteiger partial charge in [0.05, 0.1) is 0 Å². The molecule has 3 amide bonds. The van der Waals surface area contributed by atoms with Crippen LogP contribution in [0.5, 0.6) is 0 Å². The molecule has 2 N–H and O–H groups in total. The van der Waals surface area contributed by atoms with E-state index in [1.807, 2.05) is 0 Å². The van der Waals surface area contributed by atoms with Gasteiger partial charge >= 0.3 is 12.0 Å². The van der Waals surface area contributed by atoms with Gasteiger partial charge < -0.3 is 10.1 Å². The number of hydrogen-bond donors (Lipinski definition) is 2. The molecule has 0 saturated heterocycles. The predicted octanol–water partition coefficient (Wildman–Crippen LogP) is 2.39. The molecule has 0 bridgehead atoms. The maximum absolute atomic E-state index is 13.4. The van der Waals surface area contributed by atoms with Crippen LogP contribution in [0.25, 0.3) is 6.08 Å². The van der Waals surface area contributed by atoms with Crippen LogP contribution in [0.1, 0.15) is 33.3 Å². The number of carbonyl (C=O) groups excluding carboxylic acids is 3. The van der Waals surface area contributed by atoms with Gasteiger partial charge in [-0.05, 0) is 39.8 Å². The summed E-state index contributed by atoms with van der Waals surface area (Å²) in [6, 6.07) is 5.22. The number of ether oxygens (including phenoxy) is 1. The molecule has 0 heterocycles. The van der Waals surface area contributed by atoms with E-state index in [-0.39, 0.29) is 5.56 Å². The number of halogens is 1. The average molecular weight is 336 g/mol. The summed E-state index contributed by atoms with van der Waals surface area (Å²) in [6.45, 7) is 6.60. The van der Waals surface area contributed by atoms with E-state index in [0.717, 1.165) is 6.08 Å². The van der Waals surface area contributed by atoms with Crippen molar-refractivity contribution in [1.82, 2.24) is 10.6 Å². The van der Waals surface area contributed by atoms with Gasteiger partial charge in [0, 0.05) is 17.2 Å². The fraction of sp³-hybridized carbons (Fsp3) is 0.353. The summed E-state index contributed by atoms with van der Waals surface area (Å²) in [5.74, 6) is -2.06. The molecule has 0 aliphatic heterocycles. The summed E-state index contributed by atoms with van der Waals surface area (Å²) in [6.07, 6.45) is 1.08. The van der Waals surface area contributed by atoms with Crippen LogP contribution in [0, 0.1) is 5.82 Å². The summed E-state index contributed by atoms with van der Waals surface area (Å²) in [5.41, 5.74) is -0.289. The zero-order valence-corrected chi connectivity index (χ0v) is 14.1. The summed E-state index contributed by atoms with van der Waals surface area (Å²) in [4.78, 5) is 35.0. The lowest BCUT2D eigenvalue weighted by Gasteiger charge is -2.21. The van der Waals surface area contributed by atoms with Crippen LogP contribution in [0.15, 0.2) is 30.3 Å². The first-order valence-corrected chi connectivity index (χ1v) is 7.35. The summed E-state index contributed by atoms with van der Waals surface area (Å²) in [7, 11) is 0. The zero-order valence-electron chi connectivity index (χ0n) is 14.1. The maximum Gasteiger partial charge on any atom is 0.331 e. The van der Waals surface area contributed by atoms with E-state index in [2.05, 4.69) is 10.6 Å². The second kappa shape index (κ2) is 8.24. The molecule has 130 valence electrons. The molecule has 1 aromatic carbocycles. The molecule has 6 nitrogen and oxygen atoms in total. The van der Waals surface area contributed by atoms with Crippen molar-refractivity contribution in [3.05, 3.63) is 41.7 Å². The molecule has 7 heteroatoms. The molecule has 0 spiro atoms. The Morgan fingerprint density at radius 3 is 2.42 bits per heavy atom. The molecule has 1 rings (SSSR count). The fourth-order valence-electron chi connectivity index (χ4n) is 1.62. The normalized spacial score (nSPS) is 12.5. The first kappa shape index (κ1) is 19.3. The smallest absolute Gasteiger partial charge is 0.331 e. The van der Waals surface area contributed by atoms with Gasteiger partial charge in [-0.15, -0.1) is 0 Å². The zero-order chi connectivity index (χ0) is 18.3. The monoisotopic (exact) mass is 336 g/mol. The Bertz CT molecular complexity index is 650. The van der Waals surface area contributed by atoms with Crippen LogP contribution in [0.4, 0.5) is 9.18 Å². The van der Waals surface area contributed by atoms with Crippen LogP contribution in [0.2, 0.25) is 0 Å². The van der Waals surface area contributed by atoms with Gasteiger partial charge in [0.1, 0.15) is 5.82 Å². The minimum Gasteiger partial charge on any atom is -0.449 e. The second-order valence-corrected chi connectivity index (χ2v) is 6.13. The molecule has 0 fully saturated rings. The molecule has 1 atom stereocenters. The third-order valence-corrected chi connectivity index (χ3v) is 2.69. The van der Waals surface area contributed by atoms with E-state index in [0.29, 0.717) is 0 Å². The highest BCUT2D eigenvalue weighted by Crippen LogP contribution is 2.08. The molecule has 0 unspecified atom stereocenters. The van der Waals surface area contributed by atoms with Crippen molar-refractivity contribution in [1.29, 1.82) is 0 Å². The lowest BCUT2D eigenvalue weighted by Crippen LogP contribution is -2.50. The number of nitrogens with one attached hydrogen (secondary N) is 2. The highest BCUT2D eigenvalue weighted by Gasteiger charge is 2.21. The summed E-state index contributed by atoms with van der Waals surface area (Å²) in [5, 5.41) is 4.62. The lowest BCUT2D eigenvalue weighted by molar-refractivity contribution is -0.149. The third kappa shape index (κ3) is 7.04. The Hall–Kier alpha value is -2.70. The highest BCUT2D eigenvalue weighted by atomic mass is 19.1. The van der Waals surface area contributed by atoms with E-state index in [9.17, 15) is 18.8 Å². The van der Waals surface area contributed by atoms with E-state index >= 15 is 0 Å². The molecule has 1 aromatic rings. The Kier molecular flexibility index (Phi) is 6.64. The topological polar surface area (TPSA) is 84.5 Å². The van der Waals surface area contributed by atoms with Gasteiger partial charge in [0.2, 0.25) is 0 Å².